The Labute approximate surface area is 327 Å². The van der Waals surface area contributed by atoms with E-state index in [4.69, 9.17) is 18.9 Å². The highest BCUT2D eigenvalue weighted by atomic mass is 16.8. The van der Waals surface area contributed by atoms with Gasteiger partial charge in [-0.2, -0.15) is 0 Å². The molecule has 0 aromatic heterocycles. The Kier molecular flexibility index (Phi) is 12.5. The summed E-state index contributed by atoms with van der Waals surface area (Å²) >= 11 is 0. The second kappa shape index (κ2) is 15.7. The van der Waals surface area contributed by atoms with Crippen LogP contribution in [0.25, 0.3) is 0 Å². The number of fused-ring (bicyclic) bond motifs is 5. The third-order valence-electron chi connectivity index (χ3n) is 16.6. The molecule has 6 aliphatic rings. The molecule has 0 amide bonds. The fourth-order valence-electron chi connectivity index (χ4n) is 13.3. The largest absolute Gasteiger partial charge is 0.394 e. The molecule has 0 aromatic carbocycles. The van der Waals surface area contributed by atoms with Crippen LogP contribution in [0.4, 0.5) is 0 Å². The van der Waals surface area contributed by atoms with Crippen molar-refractivity contribution < 1.29 is 64.9 Å². The van der Waals surface area contributed by atoms with Gasteiger partial charge in [0.15, 0.2) is 12.6 Å². The molecule has 0 bridgehead atoms. The first-order chi connectivity index (χ1) is 25.6. The first-order valence-corrected chi connectivity index (χ1v) is 20.9. The molecule has 9 N–H and O–H groups in total. The van der Waals surface area contributed by atoms with Gasteiger partial charge >= 0.3 is 0 Å². The predicted molar refractivity (Wildman–Crippen MR) is 201 cm³/mol. The average molecular weight is 785 g/mol. The molecule has 2 heterocycles. The Hall–Kier alpha value is -0.780. The highest BCUT2D eigenvalue weighted by Gasteiger charge is 2.71. The van der Waals surface area contributed by atoms with Crippen molar-refractivity contribution >= 4 is 0 Å². The summed E-state index contributed by atoms with van der Waals surface area (Å²) in [7, 11) is 0. The number of allylic oxidation sites excluding steroid dienone is 2. The Morgan fingerprint density at radius 3 is 1.95 bits per heavy atom. The monoisotopic (exact) mass is 784 g/mol. The zero-order valence-electron chi connectivity index (χ0n) is 34.3. The lowest BCUT2D eigenvalue weighted by atomic mass is 9.35. The molecular weight excluding hydrogens is 712 g/mol. The van der Waals surface area contributed by atoms with Crippen LogP contribution < -0.4 is 0 Å². The maximum Gasteiger partial charge on any atom is 0.187 e. The third kappa shape index (κ3) is 7.20. The van der Waals surface area contributed by atoms with E-state index in [0.29, 0.717) is 19.3 Å². The number of ether oxygens (including phenoxy) is 4. The molecule has 0 unspecified atom stereocenters. The topological polar surface area (TPSA) is 219 Å². The summed E-state index contributed by atoms with van der Waals surface area (Å²) < 4.78 is 24.4. The van der Waals surface area contributed by atoms with Crippen molar-refractivity contribution in [2.45, 2.75) is 192 Å². The Balaban J connectivity index is 1.23. The highest BCUT2D eigenvalue weighted by molar-refractivity contribution is 5.20. The summed E-state index contributed by atoms with van der Waals surface area (Å²) in [5.41, 5.74) is -0.405. The molecule has 2 saturated heterocycles. The van der Waals surface area contributed by atoms with Gasteiger partial charge in [-0.25, -0.2) is 0 Å². The normalized spacial score (nSPS) is 52.0. The molecule has 6 fully saturated rings. The molecule has 6 rings (SSSR count). The molecule has 55 heavy (non-hydrogen) atoms. The second-order valence-corrected chi connectivity index (χ2v) is 20.1. The molecule has 0 radical (unpaired) electrons. The van der Waals surface area contributed by atoms with Crippen LogP contribution in [0.15, 0.2) is 11.6 Å². The molecule has 0 spiro atoms. The van der Waals surface area contributed by atoms with Crippen LogP contribution in [0.1, 0.15) is 113 Å². The van der Waals surface area contributed by atoms with Crippen LogP contribution >= 0.6 is 0 Å². The summed E-state index contributed by atoms with van der Waals surface area (Å²) in [6, 6.07) is 0. The van der Waals surface area contributed by atoms with Crippen LogP contribution in [0.3, 0.4) is 0 Å². The van der Waals surface area contributed by atoms with E-state index in [1.54, 1.807) is 0 Å². The Bertz CT molecular complexity index is 1370. The number of hydrogen-bond donors (Lipinski definition) is 9. The van der Waals surface area contributed by atoms with Gasteiger partial charge in [0.1, 0.15) is 48.8 Å². The number of aliphatic hydroxyl groups excluding tert-OH is 8. The van der Waals surface area contributed by atoms with Crippen molar-refractivity contribution in [2.75, 3.05) is 13.2 Å². The molecule has 2 aliphatic heterocycles. The van der Waals surface area contributed by atoms with Crippen molar-refractivity contribution in [1.29, 1.82) is 0 Å². The van der Waals surface area contributed by atoms with Crippen LogP contribution in [0.5, 0.6) is 0 Å². The highest BCUT2D eigenvalue weighted by Crippen LogP contribution is 2.76. The van der Waals surface area contributed by atoms with Crippen molar-refractivity contribution in [2.24, 2.45) is 45.3 Å². The average Bonchev–Trinajstić information content (AvgIpc) is 3.50. The van der Waals surface area contributed by atoms with E-state index in [0.717, 1.165) is 38.5 Å². The van der Waals surface area contributed by atoms with Gasteiger partial charge in [-0.05, 0) is 124 Å². The smallest absolute Gasteiger partial charge is 0.187 e. The van der Waals surface area contributed by atoms with E-state index in [1.807, 2.05) is 6.92 Å². The standard InChI is InChI=1S/C42H72O13/c1-21(2)10-9-14-42(8,51)22-11-16-41(7)29(22)23(45)18-27-39(5)15-13-28(38(3,4)26(39)12-17-40(27,41)6)54-37-35(33(49)31(47)25(20-44)53-37)55-36-34(50)32(48)30(46)24(19-43)52-36/h10,22-37,43-51H,9,11-20H2,1-8H3/t22-,23+,24-,25-,26+,27-,28+,29+,30-,31-,32+,33+,34-,35-,36+,37+,39+,40+,41+,42+/m1/s1. The van der Waals surface area contributed by atoms with Crippen molar-refractivity contribution in [1.82, 2.24) is 0 Å². The Morgan fingerprint density at radius 2 is 1.33 bits per heavy atom. The number of rotatable bonds is 10. The zero-order valence-corrected chi connectivity index (χ0v) is 34.3. The first kappa shape index (κ1) is 43.8. The number of aliphatic hydroxyl groups is 9. The summed E-state index contributed by atoms with van der Waals surface area (Å²) in [4.78, 5) is 0. The molecule has 318 valence electrons. The molecule has 4 saturated carbocycles. The van der Waals surface area contributed by atoms with Crippen LogP contribution in [-0.4, -0.2) is 138 Å². The number of hydrogen-bond acceptors (Lipinski definition) is 13. The lowest BCUT2D eigenvalue weighted by Gasteiger charge is -2.70. The van der Waals surface area contributed by atoms with E-state index in [2.05, 4.69) is 54.5 Å². The maximum absolute atomic E-state index is 12.2. The van der Waals surface area contributed by atoms with Gasteiger partial charge in [0.05, 0.1) is 31.0 Å². The zero-order chi connectivity index (χ0) is 40.6. The molecule has 0 aromatic rings. The lowest BCUT2D eigenvalue weighted by Crippen LogP contribution is -2.68. The van der Waals surface area contributed by atoms with Crippen LogP contribution in [0.2, 0.25) is 0 Å². The van der Waals surface area contributed by atoms with E-state index in [1.165, 1.54) is 5.57 Å². The SMILES string of the molecule is CC(C)=CCC[C@](C)(O)[C@@H]1CC[C@@]2(C)[C@@H]1[C@@H](O)C[C@@H]1[C@@]3(C)CC[C@H](O[C@@H]4O[C@H](CO)[C@@H](O)[C@H](O)[C@H]4O[C@@H]4O[C@H](CO)[C@@H](O)[C@H](O)[C@H]4O)C(C)(C)[C@@H]3CC[C@@]12C. The second-order valence-electron chi connectivity index (χ2n) is 20.1. The predicted octanol–water partition coefficient (Wildman–Crippen LogP) is 2.15. The fraction of sp³-hybridized carbons (Fsp3) is 0.952. The van der Waals surface area contributed by atoms with E-state index < -0.39 is 97.8 Å². The van der Waals surface area contributed by atoms with Gasteiger partial charge in [0.2, 0.25) is 0 Å². The van der Waals surface area contributed by atoms with Crippen LogP contribution in [-0.2, 0) is 18.9 Å². The van der Waals surface area contributed by atoms with Crippen molar-refractivity contribution in [3.05, 3.63) is 11.6 Å². The summed E-state index contributed by atoms with van der Waals surface area (Å²) in [6.45, 7) is 16.5. The third-order valence-corrected chi connectivity index (χ3v) is 16.6. The minimum absolute atomic E-state index is 0.00798. The van der Waals surface area contributed by atoms with Gasteiger partial charge in [-0.1, -0.05) is 46.3 Å². The summed E-state index contributed by atoms with van der Waals surface area (Å²) in [6.07, 6.45) is -6.48. The van der Waals surface area contributed by atoms with Gasteiger partial charge in [-0.3, -0.25) is 0 Å². The minimum atomic E-state index is -1.75. The van der Waals surface area contributed by atoms with Gasteiger partial charge in [-0.15, -0.1) is 0 Å². The molecule has 13 heteroatoms. The first-order valence-electron chi connectivity index (χ1n) is 20.9. The minimum Gasteiger partial charge on any atom is -0.394 e. The molecule has 20 atom stereocenters. The van der Waals surface area contributed by atoms with Crippen LogP contribution in [0, 0.1) is 45.3 Å². The van der Waals surface area contributed by atoms with Gasteiger partial charge < -0.3 is 64.9 Å². The van der Waals surface area contributed by atoms with Gasteiger partial charge in [0.25, 0.3) is 0 Å². The van der Waals surface area contributed by atoms with E-state index >= 15 is 0 Å². The molecular formula is C42H72O13. The summed E-state index contributed by atoms with van der Waals surface area (Å²) in [5.74, 6) is 0.445. The maximum atomic E-state index is 12.2. The quantitative estimate of drug-likeness (QED) is 0.115. The molecule has 4 aliphatic carbocycles. The Morgan fingerprint density at radius 1 is 0.727 bits per heavy atom. The van der Waals surface area contributed by atoms with E-state index in [9.17, 15) is 46.0 Å². The van der Waals surface area contributed by atoms with Gasteiger partial charge in [0, 0.05) is 0 Å². The van der Waals surface area contributed by atoms with Crippen molar-refractivity contribution in [3.63, 3.8) is 0 Å². The lowest BCUT2D eigenvalue weighted by molar-refractivity contribution is -0.378. The van der Waals surface area contributed by atoms with Crippen molar-refractivity contribution in [3.8, 4) is 0 Å². The summed E-state index contributed by atoms with van der Waals surface area (Å²) in [5, 5.41) is 97.4. The molecule has 13 nitrogen and oxygen atoms in total. The fourth-order valence-corrected chi connectivity index (χ4v) is 13.3. The van der Waals surface area contributed by atoms with E-state index in [-0.39, 0.29) is 39.9 Å².